The normalized spacial score (nSPS) is 11.7. The van der Waals surface area contributed by atoms with Crippen LogP contribution in [-0.2, 0) is 0 Å². The number of nitro groups is 1. The van der Waals surface area contributed by atoms with Gasteiger partial charge in [0, 0.05) is 25.2 Å². The van der Waals surface area contributed by atoms with E-state index in [1.165, 1.54) is 12.1 Å². The molecule has 0 saturated heterocycles. The van der Waals surface area contributed by atoms with Gasteiger partial charge in [-0.25, -0.2) is 0 Å². The Morgan fingerprint density at radius 2 is 2.26 bits per heavy atom. The highest BCUT2D eigenvalue weighted by atomic mass is 32.2. The quantitative estimate of drug-likeness (QED) is 0.591. The lowest BCUT2D eigenvalue weighted by Crippen LogP contribution is -2.29. The van der Waals surface area contributed by atoms with E-state index in [-0.39, 0.29) is 11.7 Å². The van der Waals surface area contributed by atoms with E-state index in [0.29, 0.717) is 5.56 Å². The fourth-order valence-corrected chi connectivity index (χ4v) is 2.33. The molecule has 0 bridgehead atoms. The molecule has 0 aliphatic heterocycles. The van der Waals surface area contributed by atoms with Gasteiger partial charge < -0.3 is 4.90 Å². The molecule has 0 saturated carbocycles. The number of nitrogens with zero attached hydrogens (tertiary/aromatic N) is 3. The van der Waals surface area contributed by atoms with Crippen molar-refractivity contribution in [3.63, 3.8) is 0 Å². The third-order valence-electron chi connectivity index (χ3n) is 3.09. The van der Waals surface area contributed by atoms with Crippen LogP contribution in [0.1, 0.15) is 18.9 Å². The minimum Gasteiger partial charge on any atom is -0.371 e. The molecule has 0 heterocycles. The molecular weight excluding hydrogens is 262 g/mol. The summed E-state index contributed by atoms with van der Waals surface area (Å²) in [6.45, 7) is 2.08. The summed E-state index contributed by atoms with van der Waals surface area (Å²) in [5.74, 6) is 1.04. The molecule has 1 atom stereocenters. The Morgan fingerprint density at radius 3 is 2.79 bits per heavy atom. The van der Waals surface area contributed by atoms with Crippen LogP contribution >= 0.6 is 11.8 Å². The number of nitro benzene ring substituents is 1. The summed E-state index contributed by atoms with van der Waals surface area (Å²) in [6, 6.07) is 6.72. The zero-order valence-corrected chi connectivity index (χ0v) is 12.1. The van der Waals surface area contributed by atoms with Gasteiger partial charge in [-0.15, -0.1) is 0 Å². The van der Waals surface area contributed by atoms with E-state index in [2.05, 4.69) is 13.2 Å². The highest BCUT2D eigenvalue weighted by molar-refractivity contribution is 7.98. The molecule has 102 valence electrons. The molecule has 0 spiro atoms. The van der Waals surface area contributed by atoms with Crippen molar-refractivity contribution in [2.45, 2.75) is 19.4 Å². The van der Waals surface area contributed by atoms with Gasteiger partial charge in [-0.05, 0) is 31.4 Å². The van der Waals surface area contributed by atoms with Gasteiger partial charge in [0.2, 0.25) is 0 Å². The number of nitriles is 1. The third-order valence-corrected chi connectivity index (χ3v) is 3.74. The summed E-state index contributed by atoms with van der Waals surface area (Å²) in [5, 5.41) is 19.8. The molecule has 5 nitrogen and oxygen atoms in total. The molecule has 0 N–H and O–H groups in total. The average Bonchev–Trinajstić information content (AvgIpc) is 2.42. The fourth-order valence-electron chi connectivity index (χ4n) is 1.75. The van der Waals surface area contributed by atoms with Gasteiger partial charge in [0.05, 0.1) is 16.2 Å². The number of hydrogen-bond acceptors (Lipinski definition) is 5. The monoisotopic (exact) mass is 279 g/mol. The lowest BCUT2D eigenvalue weighted by atomic mass is 10.1. The third kappa shape index (κ3) is 3.86. The summed E-state index contributed by atoms with van der Waals surface area (Å²) < 4.78 is 0. The van der Waals surface area contributed by atoms with Gasteiger partial charge in [0.25, 0.3) is 5.69 Å². The summed E-state index contributed by atoms with van der Waals surface area (Å²) >= 11 is 1.78. The van der Waals surface area contributed by atoms with E-state index in [1.807, 2.05) is 18.0 Å². The van der Waals surface area contributed by atoms with Crippen LogP contribution in [-0.4, -0.2) is 30.0 Å². The zero-order valence-electron chi connectivity index (χ0n) is 11.3. The summed E-state index contributed by atoms with van der Waals surface area (Å²) in [4.78, 5) is 12.2. The summed E-state index contributed by atoms with van der Waals surface area (Å²) in [7, 11) is 1.91. The number of hydrogen-bond donors (Lipinski definition) is 0. The van der Waals surface area contributed by atoms with Crippen molar-refractivity contribution < 1.29 is 4.92 Å². The fraction of sp³-hybridized carbons (Fsp3) is 0.462. The van der Waals surface area contributed by atoms with Crippen LogP contribution < -0.4 is 4.90 Å². The first-order chi connectivity index (χ1) is 9.01. The topological polar surface area (TPSA) is 70.2 Å². The van der Waals surface area contributed by atoms with Crippen molar-refractivity contribution in [3.05, 3.63) is 33.9 Å². The molecule has 1 aromatic carbocycles. The Hall–Kier alpha value is -1.74. The molecule has 1 rings (SSSR count). The molecule has 0 aliphatic rings. The smallest absolute Gasteiger partial charge is 0.270 e. The number of benzene rings is 1. The second-order valence-electron chi connectivity index (χ2n) is 4.31. The summed E-state index contributed by atoms with van der Waals surface area (Å²) in [6.07, 6.45) is 3.05. The average molecular weight is 279 g/mol. The minimum absolute atomic E-state index is 0.0505. The molecule has 0 radical (unpaired) electrons. The van der Waals surface area contributed by atoms with Gasteiger partial charge >= 0.3 is 0 Å². The molecule has 6 heteroatoms. The van der Waals surface area contributed by atoms with Gasteiger partial charge in [-0.3, -0.25) is 10.1 Å². The van der Waals surface area contributed by atoms with Crippen molar-refractivity contribution in [3.8, 4) is 6.07 Å². The Morgan fingerprint density at radius 1 is 1.58 bits per heavy atom. The molecule has 0 fully saturated rings. The Labute approximate surface area is 117 Å². The van der Waals surface area contributed by atoms with Crippen LogP contribution in [0.5, 0.6) is 0 Å². The van der Waals surface area contributed by atoms with E-state index in [9.17, 15) is 10.1 Å². The van der Waals surface area contributed by atoms with Crippen LogP contribution in [0.3, 0.4) is 0 Å². The molecule has 0 amide bonds. The number of rotatable bonds is 6. The van der Waals surface area contributed by atoms with Gasteiger partial charge in [0.15, 0.2) is 0 Å². The number of thioether (sulfide) groups is 1. The van der Waals surface area contributed by atoms with Gasteiger partial charge in [-0.2, -0.15) is 17.0 Å². The van der Waals surface area contributed by atoms with E-state index >= 15 is 0 Å². The van der Waals surface area contributed by atoms with Crippen LogP contribution in [0.4, 0.5) is 11.4 Å². The van der Waals surface area contributed by atoms with Gasteiger partial charge in [0.1, 0.15) is 6.07 Å². The lowest BCUT2D eigenvalue weighted by molar-refractivity contribution is -0.384. The second-order valence-corrected chi connectivity index (χ2v) is 5.30. The van der Waals surface area contributed by atoms with Crippen molar-refractivity contribution in [2.75, 3.05) is 24.0 Å². The maximum absolute atomic E-state index is 10.7. The second kappa shape index (κ2) is 7.00. The van der Waals surface area contributed by atoms with Crippen molar-refractivity contribution in [1.29, 1.82) is 5.26 Å². The van der Waals surface area contributed by atoms with E-state index < -0.39 is 4.92 Å². The SMILES string of the molecule is CSCCC(C)N(C)c1ccc([N+](=O)[O-])cc1C#N. The van der Waals surface area contributed by atoms with Crippen LogP contribution in [0.15, 0.2) is 18.2 Å². The van der Waals surface area contributed by atoms with E-state index in [0.717, 1.165) is 17.9 Å². The van der Waals surface area contributed by atoms with Crippen molar-refractivity contribution >= 4 is 23.1 Å². The van der Waals surface area contributed by atoms with Crippen molar-refractivity contribution in [1.82, 2.24) is 0 Å². The molecule has 0 aromatic heterocycles. The predicted octanol–water partition coefficient (Wildman–Crippen LogP) is 3.04. The first-order valence-corrected chi connectivity index (χ1v) is 7.31. The zero-order chi connectivity index (χ0) is 14.4. The molecule has 1 aromatic rings. The standard InChI is InChI=1S/C13H17N3O2S/c1-10(6-7-19-3)15(2)13-5-4-12(16(17)18)8-11(13)9-14/h4-5,8,10H,6-7H2,1-3H3. The Kier molecular flexibility index (Phi) is 5.64. The van der Waals surface area contributed by atoms with Crippen LogP contribution in [0, 0.1) is 21.4 Å². The van der Waals surface area contributed by atoms with Crippen molar-refractivity contribution in [2.24, 2.45) is 0 Å². The molecule has 1 unspecified atom stereocenters. The number of non-ortho nitro benzene ring substituents is 1. The van der Waals surface area contributed by atoms with Gasteiger partial charge in [-0.1, -0.05) is 0 Å². The maximum atomic E-state index is 10.7. The summed E-state index contributed by atoms with van der Waals surface area (Å²) in [5.41, 5.74) is 1.03. The number of anilines is 1. The van der Waals surface area contributed by atoms with Crippen LogP contribution in [0.2, 0.25) is 0 Å². The maximum Gasteiger partial charge on any atom is 0.270 e. The highest BCUT2D eigenvalue weighted by Crippen LogP contribution is 2.26. The molecule has 0 aliphatic carbocycles. The van der Waals surface area contributed by atoms with E-state index in [4.69, 9.17) is 5.26 Å². The molecular formula is C13H17N3O2S. The van der Waals surface area contributed by atoms with Crippen LogP contribution in [0.25, 0.3) is 0 Å². The Balaban J connectivity index is 3.00. The van der Waals surface area contributed by atoms with E-state index in [1.54, 1.807) is 17.8 Å². The first kappa shape index (κ1) is 15.3. The first-order valence-electron chi connectivity index (χ1n) is 5.91. The predicted molar refractivity (Wildman–Crippen MR) is 78.7 cm³/mol. The largest absolute Gasteiger partial charge is 0.371 e. The Bertz CT molecular complexity index is 499. The minimum atomic E-state index is -0.484. The highest BCUT2D eigenvalue weighted by Gasteiger charge is 2.16. The lowest BCUT2D eigenvalue weighted by Gasteiger charge is -2.27. The molecule has 19 heavy (non-hydrogen) atoms.